The summed E-state index contributed by atoms with van der Waals surface area (Å²) in [6.07, 6.45) is 40.1. The zero-order chi connectivity index (χ0) is 47.8. The predicted octanol–water partition coefficient (Wildman–Crippen LogP) is 19.9. The molecule has 1 aromatic carbocycles. The Bertz CT molecular complexity index is 1110. The molecule has 1 radical (unpaired) electrons. The summed E-state index contributed by atoms with van der Waals surface area (Å²) < 4.78 is 27.0. The van der Waals surface area contributed by atoms with Crippen molar-refractivity contribution in [1.29, 1.82) is 0 Å². The van der Waals surface area contributed by atoms with Crippen molar-refractivity contribution in [1.82, 2.24) is 10.4 Å². The molecule has 0 saturated heterocycles. The molecule has 0 bridgehead atoms. The summed E-state index contributed by atoms with van der Waals surface area (Å²) in [5.74, 6) is 2.93. The number of alkyl halides is 1. The van der Waals surface area contributed by atoms with E-state index < -0.39 is 6.17 Å². The van der Waals surface area contributed by atoms with Gasteiger partial charge in [-0.1, -0.05) is 178 Å². The number of hydrazine groups is 1. The van der Waals surface area contributed by atoms with Crippen molar-refractivity contribution >= 4 is 0 Å². The molecule has 64 heavy (non-hydrogen) atoms. The molecule has 3 aliphatic rings. The van der Waals surface area contributed by atoms with Gasteiger partial charge in [0, 0.05) is 19.5 Å². The Hall–Kier alpha value is -3.04. The molecule has 2 fully saturated rings. The second kappa shape index (κ2) is 52.6. The van der Waals surface area contributed by atoms with E-state index in [0.717, 1.165) is 49.9 Å². The molecular weight excluding hydrogens is 1030 g/mol. The fourth-order valence-corrected chi connectivity index (χ4v) is 7.78. The number of rotatable bonds is 25. The minimum Gasteiger partial charge on any atom is -0.258 e. The first-order chi connectivity index (χ1) is 30.7. The molecule has 2 saturated carbocycles. The number of hydrogen-bond acceptors (Lipinski definition) is 2. The molecule has 0 spiro atoms. The summed E-state index contributed by atoms with van der Waals surface area (Å²) in [5.41, 5.74) is 5.32. The molecule has 0 aliphatic heterocycles. The monoisotopic (exact) mass is 1140 g/mol. The minimum absolute atomic E-state index is 0. The van der Waals surface area contributed by atoms with E-state index in [0.29, 0.717) is 5.57 Å². The zero-order valence-corrected chi connectivity index (χ0v) is 46.8. The Balaban J connectivity index is -0.000000398. The van der Waals surface area contributed by atoms with Crippen LogP contribution in [0.15, 0.2) is 73.6 Å². The van der Waals surface area contributed by atoms with Gasteiger partial charge in [-0.3, -0.25) is 5.43 Å². The van der Waals surface area contributed by atoms with Gasteiger partial charge in [0.05, 0.1) is 0 Å². The van der Waals surface area contributed by atoms with Crippen LogP contribution in [0.4, 0.5) is 8.78 Å². The van der Waals surface area contributed by atoms with E-state index in [1.54, 1.807) is 0 Å². The van der Waals surface area contributed by atoms with Crippen LogP contribution < -0.4 is 5.43 Å². The molecule has 381 valence electrons. The van der Waals surface area contributed by atoms with Crippen molar-refractivity contribution in [3.05, 3.63) is 85.3 Å². The van der Waals surface area contributed by atoms with E-state index >= 15 is 0 Å². The van der Waals surface area contributed by atoms with Gasteiger partial charge in [0.15, 0.2) is 0 Å². The smallest absolute Gasteiger partial charge is 0.122 e. The van der Waals surface area contributed by atoms with E-state index in [-0.39, 0.29) is 18.2 Å². The predicted molar refractivity (Wildman–Crippen MR) is 283 cm³/mol. The third kappa shape index (κ3) is 42.9. The number of halogens is 2. The first kappa shape index (κ1) is 67.6. The maximum atomic E-state index is 13.7. The molecule has 2 nitrogen and oxygen atoms in total. The van der Waals surface area contributed by atoms with Crippen LogP contribution in [0.3, 0.4) is 0 Å². The van der Waals surface area contributed by atoms with Crippen molar-refractivity contribution in [2.45, 2.75) is 248 Å². The Morgan fingerprint density at radius 1 is 0.703 bits per heavy atom. The Labute approximate surface area is 395 Å². The first-order valence-corrected chi connectivity index (χ1v) is 26.8. The van der Waals surface area contributed by atoms with Crippen molar-refractivity contribution in [3.63, 3.8) is 0 Å². The van der Waals surface area contributed by atoms with Gasteiger partial charge in [0.25, 0.3) is 0 Å². The molecule has 3 unspecified atom stereocenters. The maximum absolute atomic E-state index is 13.7. The summed E-state index contributed by atoms with van der Waals surface area (Å²) in [5, 5.41) is 2.44. The fraction of sp³-hybridized carbons (Fsp3) is 0.763. The van der Waals surface area contributed by atoms with Crippen LogP contribution in [0, 0.1) is 36.7 Å². The molecule has 1 aromatic rings. The fourth-order valence-electron chi connectivity index (χ4n) is 7.78. The van der Waals surface area contributed by atoms with Crippen LogP contribution in [-0.2, 0) is 0 Å². The van der Waals surface area contributed by atoms with Crippen LogP contribution in [0.1, 0.15) is 241 Å². The Morgan fingerprint density at radius 2 is 1.19 bits per heavy atom. The maximum Gasteiger partial charge on any atom is 0.122 e. The molecule has 1 N–H and O–H groups in total. The molecule has 0 amide bonds. The van der Waals surface area contributed by atoms with Crippen molar-refractivity contribution in [2.75, 3.05) is 20.1 Å². The van der Waals surface area contributed by atoms with Gasteiger partial charge >= 0.3 is 0 Å². The van der Waals surface area contributed by atoms with Crippen LogP contribution in [-0.4, -0.2) is 31.3 Å². The average Bonchev–Trinajstić information content (AvgIpc) is 4.09. The van der Waals surface area contributed by atoms with Crippen LogP contribution in [0.2, 0.25) is 0 Å². The topological polar surface area (TPSA) is 15.3 Å². The number of aryl methyl sites for hydroxylation is 1. The Morgan fingerprint density at radius 3 is 1.59 bits per heavy atom. The molecule has 0 heterocycles. The van der Waals surface area contributed by atoms with Crippen LogP contribution >= 0.6 is 0 Å². The number of allylic oxidation sites excluding steroid dienone is 5. The molecule has 3 aliphatic carbocycles. The summed E-state index contributed by atoms with van der Waals surface area (Å²) in [4.78, 5) is 0. The van der Waals surface area contributed by atoms with Crippen molar-refractivity contribution in [2.24, 2.45) is 23.7 Å². The SMILES string of the molecule is C=C.C=CCCC1CCC(C2=CC(F)CC=C2F)CC1.CCC.CCCC.CCCC.CCCCCCCCCCCCCCN(CCCC1CC1CC)NC.Cc1cc[c-]cc1.[Es]. The number of hydrogen-bond donors (Lipinski definition) is 1. The van der Waals surface area contributed by atoms with Gasteiger partial charge < -0.3 is 0 Å². The van der Waals surface area contributed by atoms with E-state index in [4.69, 9.17) is 0 Å². The number of unbranched alkanes of at least 4 members (excludes halogenated alkanes) is 13. The van der Waals surface area contributed by atoms with Crippen LogP contribution in [0.5, 0.6) is 0 Å². The van der Waals surface area contributed by atoms with Gasteiger partial charge in [-0.15, -0.1) is 19.7 Å². The second-order valence-corrected chi connectivity index (χ2v) is 18.2. The van der Waals surface area contributed by atoms with Crippen LogP contribution in [0.25, 0.3) is 0 Å². The Kier molecular flexibility index (Phi) is 55.5. The first-order valence-electron chi connectivity index (χ1n) is 26.8. The third-order valence-corrected chi connectivity index (χ3v) is 12.3. The van der Waals surface area contributed by atoms with Crippen molar-refractivity contribution in [3.8, 4) is 0 Å². The standard InChI is InChI=1S/C23H48N2.C16H22F2.C7H7.2C4H10.C3H8.C2H4.Es/c1-4-6-7-8-9-10-11-12-13-14-15-16-19-25(24-3)20-17-18-23-21-22(23)5-2;1-2-3-4-12-5-7-13(8-6-12)15-11-14(17)9-10-16(15)18;1-7-5-3-2-4-6-7;2*1-3-4-2;1-3-2;1-2;/h22-24H,4-21H2,1-3H3;2,10-14H,1,3-9H2;3-6H,1H3;2*3-4H2,1-2H3;3H2,1-2H3;1-2H2;/q;;-1;;;;;. The van der Waals surface area contributed by atoms with Gasteiger partial charge in [-0.25, -0.2) is 13.8 Å². The molecule has 3 atom stereocenters. The van der Waals surface area contributed by atoms with Gasteiger partial charge in [0.2, 0.25) is 0 Å². The molecule has 4 rings (SSSR count). The average molecular weight is 1140 g/mol. The number of nitrogens with one attached hydrogen (secondary N) is 1. The third-order valence-electron chi connectivity index (χ3n) is 12.3. The number of benzene rings is 1. The minimum atomic E-state index is -0.988. The van der Waals surface area contributed by atoms with Gasteiger partial charge in [-0.2, -0.15) is 35.9 Å². The number of nitrogens with zero attached hydrogens (tertiary/aromatic N) is 1. The van der Waals surface area contributed by atoms with E-state index in [1.165, 1.54) is 172 Å². The van der Waals surface area contributed by atoms with Gasteiger partial charge in [0.1, 0.15) is 12.0 Å². The van der Waals surface area contributed by atoms with Gasteiger partial charge in [-0.05, 0) is 113 Å². The summed E-state index contributed by atoms with van der Waals surface area (Å²) in [6, 6.07) is 10.8. The van der Waals surface area contributed by atoms with E-state index in [1.807, 2.05) is 30.3 Å². The molecule has 5 heteroatoms. The van der Waals surface area contributed by atoms with E-state index in [2.05, 4.69) is 106 Å². The van der Waals surface area contributed by atoms with E-state index in [9.17, 15) is 8.78 Å². The molecule has 0 aromatic heterocycles. The summed E-state index contributed by atoms with van der Waals surface area (Å²) >= 11 is 0. The summed E-state index contributed by atoms with van der Waals surface area (Å²) in [6.45, 7) is 31.9. The van der Waals surface area contributed by atoms with Crippen molar-refractivity contribution < 1.29 is 8.78 Å². The normalized spacial score (nSPS) is 19.1. The summed E-state index contributed by atoms with van der Waals surface area (Å²) in [7, 11) is 2.09. The second-order valence-electron chi connectivity index (χ2n) is 18.2. The molecular formula is C59H109EsF2N2-. The zero-order valence-electron chi connectivity index (χ0n) is 44.3. The quantitative estimate of drug-likeness (QED) is 0.0454. The largest absolute Gasteiger partial charge is 0.258 e.